The van der Waals surface area contributed by atoms with Gasteiger partial charge in [0.1, 0.15) is 11.2 Å². The van der Waals surface area contributed by atoms with E-state index in [4.69, 9.17) is 4.98 Å². The molecule has 5 aromatic heterocycles. The molecular formula is C25H18N8O. The van der Waals surface area contributed by atoms with E-state index < -0.39 is 0 Å². The minimum Gasteiger partial charge on any atom is -0.335 e. The molecule has 3 N–H and O–H groups in total. The highest BCUT2D eigenvalue weighted by Crippen LogP contribution is 2.32. The highest BCUT2D eigenvalue weighted by molar-refractivity contribution is 5.98. The zero-order valence-corrected chi connectivity index (χ0v) is 18.1. The van der Waals surface area contributed by atoms with E-state index in [-0.39, 0.29) is 5.91 Å². The summed E-state index contributed by atoms with van der Waals surface area (Å²) < 4.78 is 0. The third-order valence-electron chi connectivity index (χ3n) is 5.51. The molecular weight excluding hydrogens is 428 g/mol. The fraction of sp³-hybridized carbons (Fsp3) is 0.0400. The van der Waals surface area contributed by atoms with Crippen molar-refractivity contribution in [2.75, 3.05) is 5.32 Å². The number of amides is 1. The average Bonchev–Trinajstić information content (AvgIpc) is 3.48. The number of fused-ring (bicyclic) bond motifs is 2. The van der Waals surface area contributed by atoms with Gasteiger partial charge < -0.3 is 10.3 Å². The summed E-state index contributed by atoms with van der Waals surface area (Å²) in [6.07, 6.45) is 8.65. The Bertz CT molecular complexity index is 1670. The number of hydrogen-bond acceptors (Lipinski definition) is 6. The van der Waals surface area contributed by atoms with E-state index >= 15 is 0 Å². The van der Waals surface area contributed by atoms with Gasteiger partial charge in [-0.25, -0.2) is 4.98 Å². The molecule has 9 nitrogen and oxygen atoms in total. The van der Waals surface area contributed by atoms with Crippen LogP contribution in [0.2, 0.25) is 0 Å². The number of carbonyl (C=O) groups is 1. The number of H-pyrrole nitrogens is 2. The lowest BCUT2D eigenvalue weighted by molar-refractivity contribution is -0.114. The van der Waals surface area contributed by atoms with E-state index in [1.165, 1.54) is 6.92 Å². The number of pyridine rings is 3. The predicted octanol–water partition coefficient (Wildman–Crippen LogP) is 4.58. The molecule has 6 rings (SSSR count). The third kappa shape index (κ3) is 3.45. The largest absolute Gasteiger partial charge is 0.335 e. The molecule has 0 atom stereocenters. The van der Waals surface area contributed by atoms with Crippen LogP contribution in [0.5, 0.6) is 0 Å². The molecule has 0 unspecified atom stereocenters. The summed E-state index contributed by atoms with van der Waals surface area (Å²) in [5.74, 6) is 0.490. The maximum absolute atomic E-state index is 11.4. The zero-order valence-electron chi connectivity index (χ0n) is 18.1. The van der Waals surface area contributed by atoms with Gasteiger partial charge in [0, 0.05) is 42.0 Å². The minimum absolute atomic E-state index is 0.143. The van der Waals surface area contributed by atoms with Crippen molar-refractivity contribution in [3.05, 3.63) is 73.4 Å². The molecule has 0 saturated carbocycles. The lowest BCUT2D eigenvalue weighted by atomic mass is 10.0. The SMILES string of the molecule is CC(=O)Nc1cncc(-c2ccc3[nH]nc(-c4nc5c(-c6ccccn6)cncc5[nH]4)c3c2)c1. The fourth-order valence-electron chi connectivity index (χ4n) is 4.00. The number of aromatic nitrogens is 7. The molecule has 0 saturated heterocycles. The van der Waals surface area contributed by atoms with Gasteiger partial charge in [0.15, 0.2) is 5.82 Å². The first-order valence-electron chi connectivity index (χ1n) is 10.6. The van der Waals surface area contributed by atoms with Gasteiger partial charge in [0.2, 0.25) is 5.91 Å². The summed E-state index contributed by atoms with van der Waals surface area (Å²) in [6, 6.07) is 13.6. The summed E-state index contributed by atoms with van der Waals surface area (Å²) in [4.78, 5) is 32.7. The average molecular weight is 446 g/mol. The summed E-state index contributed by atoms with van der Waals surface area (Å²) >= 11 is 0. The Morgan fingerprint density at radius 2 is 1.85 bits per heavy atom. The van der Waals surface area contributed by atoms with Gasteiger partial charge in [-0.1, -0.05) is 12.1 Å². The van der Waals surface area contributed by atoms with Crippen molar-refractivity contribution in [1.82, 2.24) is 35.1 Å². The maximum atomic E-state index is 11.4. The maximum Gasteiger partial charge on any atom is 0.221 e. The number of hydrogen-bond donors (Lipinski definition) is 3. The summed E-state index contributed by atoms with van der Waals surface area (Å²) in [5.41, 5.74) is 7.29. The monoisotopic (exact) mass is 446 g/mol. The third-order valence-corrected chi connectivity index (χ3v) is 5.51. The number of nitrogens with one attached hydrogen (secondary N) is 3. The Morgan fingerprint density at radius 3 is 2.71 bits per heavy atom. The Balaban J connectivity index is 1.46. The predicted molar refractivity (Wildman–Crippen MR) is 130 cm³/mol. The number of benzene rings is 1. The smallest absolute Gasteiger partial charge is 0.221 e. The van der Waals surface area contributed by atoms with Crippen LogP contribution in [0.15, 0.2) is 73.4 Å². The normalized spacial score (nSPS) is 11.2. The van der Waals surface area contributed by atoms with Crippen LogP contribution < -0.4 is 5.32 Å². The topological polar surface area (TPSA) is 125 Å². The van der Waals surface area contributed by atoms with Gasteiger partial charge in [-0.3, -0.25) is 24.8 Å². The summed E-state index contributed by atoms with van der Waals surface area (Å²) in [7, 11) is 0. The lowest BCUT2D eigenvalue weighted by Crippen LogP contribution is -2.05. The highest BCUT2D eigenvalue weighted by Gasteiger charge is 2.16. The Morgan fingerprint density at radius 1 is 0.941 bits per heavy atom. The summed E-state index contributed by atoms with van der Waals surface area (Å²) in [5, 5.41) is 11.3. The van der Waals surface area contributed by atoms with Crippen LogP contribution in [0.4, 0.5) is 5.69 Å². The van der Waals surface area contributed by atoms with Crippen LogP contribution in [-0.2, 0) is 4.79 Å². The first-order valence-corrected chi connectivity index (χ1v) is 10.6. The van der Waals surface area contributed by atoms with Crippen molar-refractivity contribution in [1.29, 1.82) is 0 Å². The first-order chi connectivity index (χ1) is 16.7. The van der Waals surface area contributed by atoms with E-state index in [1.54, 1.807) is 31.0 Å². The molecule has 6 aromatic rings. The van der Waals surface area contributed by atoms with E-state index in [9.17, 15) is 4.79 Å². The Kier molecular flexibility index (Phi) is 4.58. The Hall–Kier alpha value is -4.92. The molecule has 0 spiro atoms. The van der Waals surface area contributed by atoms with Crippen molar-refractivity contribution >= 4 is 33.5 Å². The van der Waals surface area contributed by atoms with E-state index in [0.29, 0.717) is 17.2 Å². The van der Waals surface area contributed by atoms with Crippen molar-refractivity contribution in [2.24, 2.45) is 0 Å². The van der Waals surface area contributed by atoms with Gasteiger partial charge in [-0.2, -0.15) is 5.10 Å². The van der Waals surface area contributed by atoms with Crippen LogP contribution >= 0.6 is 0 Å². The van der Waals surface area contributed by atoms with Crippen LogP contribution in [-0.4, -0.2) is 41.0 Å². The van der Waals surface area contributed by atoms with Crippen LogP contribution in [0, 0.1) is 0 Å². The molecule has 0 radical (unpaired) electrons. The number of aromatic amines is 2. The number of anilines is 1. The zero-order chi connectivity index (χ0) is 23.1. The molecule has 9 heteroatoms. The quantitative estimate of drug-likeness (QED) is 0.364. The van der Waals surface area contributed by atoms with Gasteiger partial charge in [0.05, 0.1) is 34.8 Å². The molecule has 0 bridgehead atoms. The van der Waals surface area contributed by atoms with Crippen LogP contribution in [0.25, 0.3) is 55.8 Å². The van der Waals surface area contributed by atoms with Gasteiger partial charge in [-0.05, 0) is 35.9 Å². The number of carbonyl (C=O) groups excluding carboxylic acids is 1. The Labute approximate surface area is 193 Å². The number of nitrogens with zero attached hydrogens (tertiary/aromatic N) is 5. The molecule has 0 aliphatic rings. The van der Waals surface area contributed by atoms with Gasteiger partial charge in [0.25, 0.3) is 0 Å². The lowest BCUT2D eigenvalue weighted by Gasteiger charge is -2.06. The van der Waals surface area contributed by atoms with E-state index in [2.05, 4.69) is 35.5 Å². The van der Waals surface area contributed by atoms with E-state index in [1.807, 2.05) is 42.5 Å². The van der Waals surface area contributed by atoms with Gasteiger partial charge in [-0.15, -0.1) is 0 Å². The van der Waals surface area contributed by atoms with Crippen molar-refractivity contribution in [3.8, 4) is 33.9 Å². The van der Waals surface area contributed by atoms with Gasteiger partial charge >= 0.3 is 0 Å². The van der Waals surface area contributed by atoms with Crippen molar-refractivity contribution in [3.63, 3.8) is 0 Å². The summed E-state index contributed by atoms with van der Waals surface area (Å²) in [6.45, 7) is 1.47. The number of rotatable bonds is 4. The molecule has 0 fully saturated rings. The van der Waals surface area contributed by atoms with E-state index in [0.717, 1.165) is 44.3 Å². The molecule has 34 heavy (non-hydrogen) atoms. The van der Waals surface area contributed by atoms with Crippen molar-refractivity contribution < 1.29 is 4.79 Å². The highest BCUT2D eigenvalue weighted by atomic mass is 16.1. The molecule has 164 valence electrons. The molecule has 0 aliphatic heterocycles. The molecule has 1 amide bonds. The number of imidazole rings is 1. The minimum atomic E-state index is -0.143. The van der Waals surface area contributed by atoms with Crippen LogP contribution in [0.1, 0.15) is 6.92 Å². The molecule has 0 aliphatic carbocycles. The second-order valence-corrected chi connectivity index (χ2v) is 7.86. The molecule has 5 heterocycles. The van der Waals surface area contributed by atoms with Crippen LogP contribution in [0.3, 0.4) is 0 Å². The standard InChI is InChI=1S/C25H18N8O/c1-14(34)29-17-8-16(10-26-11-17)15-5-6-21-18(9-15)24(33-32-21)25-30-22-13-27-12-19(23(22)31-25)20-4-2-3-7-28-20/h2-13H,1H3,(H,29,34)(H,30,31)(H,32,33). The first kappa shape index (κ1) is 19.7. The molecule has 1 aromatic carbocycles. The van der Waals surface area contributed by atoms with Crippen molar-refractivity contribution in [2.45, 2.75) is 6.92 Å². The fourth-order valence-corrected chi connectivity index (χ4v) is 4.00. The second kappa shape index (κ2) is 7.89. The second-order valence-electron chi connectivity index (χ2n) is 7.86.